The van der Waals surface area contributed by atoms with Gasteiger partial charge >= 0.3 is 0 Å². The van der Waals surface area contributed by atoms with Crippen molar-refractivity contribution >= 4 is 17.4 Å². The van der Waals surface area contributed by atoms with Crippen LogP contribution < -0.4 is 5.32 Å². The van der Waals surface area contributed by atoms with Crippen molar-refractivity contribution in [3.8, 4) is 0 Å². The summed E-state index contributed by atoms with van der Waals surface area (Å²) in [5.74, 6) is 0.544. The lowest BCUT2D eigenvalue weighted by Gasteiger charge is -2.14. The van der Waals surface area contributed by atoms with Gasteiger partial charge in [-0.05, 0) is 41.5 Å². The molecule has 100 valence electrons. The molecular weight excluding hydrogens is 250 g/mol. The van der Waals surface area contributed by atoms with Gasteiger partial charge in [-0.25, -0.2) is 0 Å². The second-order valence-corrected chi connectivity index (χ2v) is 5.82. The van der Waals surface area contributed by atoms with E-state index in [1.807, 2.05) is 0 Å². The summed E-state index contributed by atoms with van der Waals surface area (Å²) in [5, 5.41) is 3.54. The van der Waals surface area contributed by atoms with Crippen LogP contribution >= 0.6 is 11.8 Å². The largest absolute Gasteiger partial charge is 0.381 e. The van der Waals surface area contributed by atoms with E-state index in [1.165, 1.54) is 21.7 Å². The fourth-order valence-electron chi connectivity index (χ4n) is 2.10. The Hall–Kier alpha value is -1.41. The Kier molecular flexibility index (Phi) is 4.92. The highest BCUT2D eigenvalue weighted by molar-refractivity contribution is 7.98. The zero-order valence-electron chi connectivity index (χ0n) is 11.8. The molecular formula is C17H21NS. The predicted molar refractivity (Wildman–Crippen MR) is 86.1 cm³/mol. The maximum Gasteiger partial charge on any atom is 0.0400 e. The summed E-state index contributed by atoms with van der Waals surface area (Å²) in [6, 6.07) is 17.3. The summed E-state index contributed by atoms with van der Waals surface area (Å²) < 4.78 is 0. The van der Waals surface area contributed by atoms with Crippen molar-refractivity contribution in [3.63, 3.8) is 0 Å². The number of para-hydroxylation sites is 1. The Morgan fingerprint density at radius 3 is 2.32 bits per heavy atom. The third-order valence-electron chi connectivity index (χ3n) is 3.22. The molecule has 2 aromatic carbocycles. The van der Waals surface area contributed by atoms with Crippen LogP contribution in [0, 0.1) is 0 Å². The molecule has 0 aliphatic heterocycles. The van der Waals surface area contributed by atoms with Gasteiger partial charge in [-0.15, -0.1) is 11.8 Å². The van der Waals surface area contributed by atoms with Gasteiger partial charge in [0, 0.05) is 17.1 Å². The third kappa shape index (κ3) is 3.77. The molecule has 0 amide bonds. The van der Waals surface area contributed by atoms with E-state index in [2.05, 4.69) is 74.0 Å². The number of hydrogen-bond acceptors (Lipinski definition) is 2. The van der Waals surface area contributed by atoms with Crippen molar-refractivity contribution in [2.45, 2.75) is 31.2 Å². The van der Waals surface area contributed by atoms with E-state index < -0.39 is 0 Å². The lowest BCUT2D eigenvalue weighted by Crippen LogP contribution is -2.03. The smallest absolute Gasteiger partial charge is 0.0400 e. The molecule has 1 nitrogen and oxygen atoms in total. The van der Waals surface area contributed by atoms with Crippen molar-refractivity contribution in [1.29, 1.82) is 0 Å². The molecule has 0 saturated heterocycles. The number of hydrogen-bond donors (Lipinski definition) is 1. The molecule has 0 unspecified atom stereocenters. The van der Waals surface area contributed by atoms with Gasteiger partial charge < -0.3 is 5.32 Å². The van der Waals surface area contributed by atoms with Gasteiger partial charge in [0.2, 0.25) is 0 Å². The van der Waals surface area contributed by atoms with Gasteiger partial charge in [-0.1, -0.05) is 44.2 Å². The normalized spacial score (nSPS) is 10.7. The topological polar surface area (TPSA) is 12.0 Å². The highest BCUT2D eigenvalue weighted by atomic mass is 32.2. The zero-order chi connectivity index (χ0) is 13.7. The molecule has 2 aromatic rings. The third-order valence-corrected chi connectivity index (χ3v) is 3.97. The summed E-state index contributed by atoms with van der Waals surface area (Å²) in [6.45, 7) is 5.33. The van der Waals surface area contributed by atoms with Crippen LogP contribution in [0.1, 0.15) is 30.9 Å². The average molecular weight is 271 g/mol. The van der Waals surface area contributed by atoms with E-state index in [4.69, 9.17) is 0 Å². The Bertz CT molecular complexity index is 517. The first-order valence-electron chi connectivity index (χ1n) is 6.66. The van der Waals surface area contributed by atoms with Gasteiger partial charge in [0.05, 0.1) is 0 Å². The van der Waals surface area contributed by atoms with Crippen LogP contribution in [0.4, 0.5) is 5.69 Å². The first-order chi connectivity index (χ1) is 9.20. The molecule has 0 bridgehead atoms. The molecule has 0 aliphatic rings. The van der Waals surface area contributed by atoms with E-state index in [-0.39, 0.29) is 0 Å². The predicted octanol–water partition coefficient (Wildman–Crippen LogP) is 5.14. The Labute approximate surface area is 120 Å². The summed E-state index contributed by atoms with van der Waals surface area (Å²) >= 11 is 1.78. The van der Waals surface area contributed by atoms with Crippen LogP contribution in [0.15, 0.2) is 53.4 Å². The second kappa shape index (κ2) is 6.67. The van der Waals surface area contributed by atoms with E-state index in [0.717, 1.165) is 6.54 Å². The lowest BCUT2D eigenvalue weighted by molar-refractivity contribution is 0.865. The van der Waals surface area contributed by atoms with Crippen molar-refractivity contribution in [1.82, 2.24) is 0 Å². The summed E-state index contributed by atoms with van der Waals surface area (Å²) in [5.41, 5.74) is 3.94. The van der Waals surface area contributed by atoms with E-state index in [9.17, 15) is 0 Å². The highest BCUT2D eigenvalue weighted by Crippen LogP contribution is 2.24. The summed E-state index contributed by atoms with van der Waals surface area (Å²) in [6.07, 6.45) is 2.10. The van der Waals surface area contributed by atoms with Gasteiger partial charge in [0.25, 0.3) is 0 Å². The van der Waals surface area contributed by atoms with Crippen LogP contribution in [0.3, 0.4) is 0 Å². The average Bonchev–Trinajstić information content (AvgIpc) is 2.46. The van der Waals surface area contributed by atoms with Crippen LogP contribution in [-0.2, 0) is 6.54 Å². The minimum atomic E-state index is 0.544. The maximum absolute atomic E-state index is 3.54. The van der Waals surface area contributed by atoms with Crippen LogP contribution in [-0.4, -0.2) is 6.26 Å². The Morgan fingerprint density at radius 1 is 1.00 bits per heavy atom. The van der Waals surface area contributed by atoms with Gasteiger partial charge in [0.1, 0.15) is 0 Å². The van der Waals surface area contributed by atoms with E-state index in [1.54, 1.807) is 11.8 Å². The van der Waals surface area contributed by atoms with E-state index in [0.29, 0.717) is 5.92 Å². The van der Waals surface area contributed by atoms with Crippen LogP contribution in [0.2, 0.25) is 0 Å². The lowest BCUT2D eigenvalue weighted by atomic mass is 10.0. The summed E-state index contributed by atoms with van der Waals surface area (Å²) in [4.78, 5) is 1.31. The molecule has 0 saturated carbocycles. The molecule has 2 rings (SSSR count). The number of anilines is 1. The van der Waals surface area contributed by atoms with Crippen molar-refractivity contribution in [2.24, 2.45) is 0 Å². The first kappa shape index (κ1) is 14.0. The molecule has 0 radical (unpaired) electrons. The van der Waals surface area contributed by atoms with Gasteiger partial charge in [-0.2, -0.15) is 0 Å². The second-order valence-electron chi connectivity index (χ2n) is 4.94. The molecule has 0 aliphatic carbocycles. The zero-order valence-corrected chi connectivity index (χ0v) is 12.6. The van der Waals surface area contributed by atoms with Crippen LogP contribution in [0.25, 0.3) is 0 Å². The molecule has 19 heavy (non-hydrogen) atoms. The fourth-order valence-corrected chi connectivity index (χ4v) is 2.51. The maximum atomic E-state index is 3.54. The number of benzene rings is 2. The summed E-state index contributed by atoms with van der Waals surface area (Å²) in [7, 11) is 0. The quantitative estimate of drug-likeness (QED) is 0.755. The van der Waals surface area contributed by atoms with Crippen molar-refractivity contribution in [2.75, 3.05) is 11.6 Å². The standard InChI is InChI=1S/C17H21NS/c1-13(2)16-6-4-5-7-17(16)18-12-14-8-10-15(19-3)11-9-14/h4-11,13,18H,12H2,1-3H3. The van der Waals surface area contributed by atoms with E-state index >= 15 is 0 Å². The number of thioether (sulfide) groups is 1. The minimum Gasteiger partial charge on any atom is -0.381 e. The first-order valence-corrected chi connectivity index (χ1v) is 7.89. The Morgan fingerprint density at radius 2 is 1.68 bits per heavy atom. The molecule has 0 spiro atoms. The Balaban J connectivity index is 2.05. The van der Waals surface area contributed by atoms with Gasteiger partial charge in [-0.3, -0.25) is 0 Å². The van der Waals surface area contributed by atoms with Crippen molar-refractivity contribution < 1.29 is 0 Å². The molecule has 0 atom stereocenters. The molecule has 0 aromatic heterocycles. The molecule has 0 heterocycles. The SMILES string of the molecule is CSc1ccc(CNc2ccccc2C(C)C)cc1. The number of nitrogens with one attached hydrogen (secondary N) is 1. The monoisotopic (exact) mass is 271 g/mol. The molecule has 1 N–H and O–H groups in total. The fraction of sp³-hybridized carbons (Fsp3) is 0.294. The molecule has 2 heteroatoms. The van der Waals surface area contributed by atoms with Gasteiger partial charge in [0.15, 0.2) is 0 Å². The number of rotatable bonds is 5. The molecule has 0 fully saturated rings. The minimum absolute atomic E-state index is 0.544. The van der Waals surface area contributed by atoms with Crippen LogP contribution in [0.5, 0.6) is 0 Å². The van der Waals surface area contributed by atoms with Crippen molar-refractivity contribution in [3.05, 3.63) is 59.7 Å². The highest BCUT2D eigenvalue weighted by Gasteiger charge is 2.05.